The average Bonchev–Trinajstić information content (AvgIpc) is 2.81. The first kappa shape index (κ1) is 28.7. The number of aliphatic hydroxyl groups is 6. The van der Waals surface area contributed by atoms with Gasteiger partial charge in [-0.1, -0.05) is 0 Å². The molecular weight excluding hydrogens is 466 g/mol. The molecule has 0 aromatic carbocycles. The molecule has 0 saturated carbocycles. The van der Waals surface area contributed by atoms with Gasteiger partial charge in [-0.25, -0.2) is 0 Å². The molecule has 0 aromatic rings. The molecule has 7 N–H and O–H groups in total. The number of hydrogen-bond acceptors (Lipinski definition) is 14. The number of carbonyl (C=O) groups is 2. The summed E-state index contributed by atoms with van der Waals surface area (Å²) in [6.45, 7) is 0.497. The van der Waals surface area contributed by atoms with Crippen molar-refractivity contribution in [1.82, 2.24) is 5.32 Å². The first-order chi connectivity index (χ1) is 16.2. The monoisotopic (exact) mass is 499 g/mol. The Morgan fingerprint density at radius 2 is 1.53 bits per heavy atom. The molecule has 2 aliphatic rings. The lowest BCUT2D eigenvalue weighted by Gasteiger charge is -2.46. The predicted octanol–water partition coefficient (Wildman–Crippen LogP) is -5.04. The topological polar surface area (TPSA) is 223 Å². The van der Waals surface area contributed by atoms with E-state index in [-0.39, 0.29) is 38.7 Å². The lowest BCUT2D eigenvalue weighted by Crippen LogP contribution is -2.65. The quantitative estimate of drug-likeness (QED) is 0.0931. The van der Waals surface area contributed by atoms with Crippen LogP contribution in [0.5, 0.6) is 0 Å². The first-order valence-corrected chi connectivity index (χ1v) is 10.7. The van der Waals surface area contributed by atoms with E-state index in [2.05, 4.69) is 5.32 Å². The van der Waals surface area contributed by atoms with Crippen molar-refractivity contribution >= 4 is 12.4 Å². The van der Waals surface area contributed by atoms with Gasteiger partial charge < -0.3 is 64.4 Å². The van der Waals surface area contributed by atoms with E-state index in [1.54, 1.807) is 0 Å². The SMILES string of the molecule is CC(=O)NCCOCCOC1O[C@@H](CO)[C@@H](O)[C@H](O)[C@@H]1O[C@H]1O[C@H](CO)[C@@H](O)[C@@H](OC=O)[C@@H]1O. The Labute approximate surface area is 195 Å². The molecule has 1 unspecified atom stereocenters. The summed E-state index contributed by atoms with van der Waals surface area (Å²) < 4.78 is 31.9. The molecule has 2 heterocycles. The van der Waals surface area contributed by atoms with Crippen molar-refractivity contribution < 1.29 is 68.6 Å². The van der Waals surface area contributed by atoms with Gasteiger partial charge in [0, 0.05) is 13.5 Å². The minimum atomic E-state index is -1.74. The summed E-state index contributed by atoms with van der Waals surface area (Å²) in [5.74, 6) is -0.207. The van der Waals surface area contributed by atoms with E-state index >= 15 is 0 Å². The predicted molar refractivity (Wildman–Crippen MR) is 107 cm³/mol. The molecule has 10 atom stereocenters. The van der Waals surface area contributed by atoms with Gasteiger partial charge in [0.2, 0.25) is 5.91 Å². The Hall–Kier alpha value is -1.50. The van der Waals surface area contributed by atoms with Crippen LogP contribution in [0.2, 0.25) is 0 Å². The smallest absolute Gasteiger partial charge is 0.293 e. The zero-order chi connectivity index (χ0) is 25.3. The van der Waals surface area contributed by atoms with Crippen LogP contribution in [0.1, 0.15) is 6.92 Å². The molecule has 0 aromatic heterocycles. The van der Waals surface area contributed by atoms with Crippen molar-refractivity contribution in [3.05, 3.63) is 0 Å². The normalized spacial score (nSPS) is 38.3. The second-order valence-corrected chi connectivity index (χ2v) is 7.68. The molecule has 198 valence electrons. The van der Waals surface area contributed by atoms with Gasteiger partial charge in [-0.2, -0.15) is 0 Å². The first-order valence-electron chi connectivity index (χ1n) is 10.7. The molecule has 15 nitrogen and oxygen atoms in total. The van der Waals surface area contributed by atoms with E-state index in [4.69, 9.17) is 28.4 Å². The van der Waals surface area contributed by atoms with Crippen molar-refractivity contribution in [3.63, 3.8) is 0 Å². The molecule has 34 heavy (non-hydrogen) atoms. The Morgan fingerprint density at radius 1 is 0.882 bits per heavy atom. The summed E-state index contributed by atoms with van der Waals surface area (Å²) in [7, 11) is 0. The fourth-order valence-corrected chi connectivity index (χ4v) is 3.51. The molecule has 2 aliphatic heterocycles. The van der Waals surface area contributed by atoms with Crippen molar-refractivity contribution in [2.45, 2.75) is 68.3 Å². The maximum atomic E-state index is 10.8. The van der Waals surface area contributed by atoms with Crippen molar-refractivity contribution in [3.8, 4) is 0 Å². The highest BCUT2D eigenvalue weighted by Gasteiger charge is 2.51. The van der Waals surface area contributed by atoms with Gasteiger partial charge in [0.1, 0.15) is 42.7 Å². The van der Waals surface area contributed by atoms with Crippen LogP contribution in [0.15, 0.2) is 0 Å². The van der Waals surface area contributed by atoms with Crippen LogP contribution in [-0.2, 0) is 38.0 Å². The zero-order valence-electron chi connectivity index (χ0n) is 18.5. The highest BCUT2D eigenvalue weighted by Crippen LogP contribution is 2.30. The zero-order valence-corrected chi connectivity index (χ0v) is 18.5. The van der Waals surface area contributed by atoms with Gasteiger partial charge in [0.05, 0.1) is 33.0 Å². The summed E-state index contributed by atoms with van der Waals surface area (Å²) in [6.07, 6.45) is -15.1. The number of amides is 1. The van der Waals surface area contributed by atoms with Crippen LogP contribution >= 0.6 is 0 Å². The molecular formula is C19H33NO14. The van der Waals surface area contributed by atoms with E-state index in [9.17, 15) is 40.2 Å². The highest BCUT2D eigenvalue weighted by atomic mass is 16.8. The van der Waals surface area contributed by atoms with Crippen LogP contribution in [-0.4, -0.2) is 144 Å². The lowest BCUT2D eigenvalue weighted by atomic mass is 9.97. The minimum Gasteiger partial charge on any atom is -0.459 e. The number of nitrogens with one attached hydrogen (secondary N) is 1. The Balaban J connectivity index is 2.04. The van der Waals surface area contributed by atoms with E-state index in [1.807, 2.05) is 0 Å². The van der Waals surface area contributed by atoms with Crippen LogP contribution < -0.4 is 5.32 Å². The lowest BCUT2D eigenvalue weighted by molar-refractivity contribution is -0.367. The van der Waals surface area contributed by atoms with Crippen LogP contribution in [0.4, 0.5) is 0 Å². The summed E-state index contributed by atoms with van der Waals surface area (Å²) >= 11 is 0. The molecule has 0 spiro atoms. The molecule has 0 radical (unpaired) electrons. The van der Waals surface area contributed by atoms with Gasteiger partial charge in [-0.05, 0) is 0 Å². The Kier molecular flexibility index (Phi) is 12.0. The highest BCUT2D eigenvalue weighted by molar-refractivity contribution is 5.72. The number of hydrogen-bond donors (Lipinski definition) is 7. The molecule has 2 fully saturated rings. The number of rotatable bonds is 13. The van der Waals surface area contributed by atoms with Gasteiger partial charge in [0.25, 0.3) is 6.47 Å². The van der Waals surface area contributed by atoms with E-state index in [1.165, 1.54) is 6.92 Å². The van der Waals surface area contributed by atoms with E-state index in [0.29, 0.717) is 0 Å². The van der Waals surface area contributed by atoms with Crippen molar-refractivity contribution in [2.24, 2.45) is 0 Å². The summed E-state index contributed by atoms with van der Waals surface area (Å²) in [4.78, 5) is 21.6. The maximum Gasteiger partial charge on any atom is 0.293 e. The number of aliphatic hydroxyl groups excluding tert-OH is 6. The third-order valence-corrected chi connectivity index (χ3v) is 5.28. The fraction of sp³-hybridized carbons (Fsp3) is 0.895. The van der Waals surface area contributed by atoms with Gasteiger partial charge >= 0.3 is 0 Å². The van der Waals surface area contributed by atoms with E-state index < -0.39 is 74.6 Å². The van der Waals surface area contributed by atoms with Gasteiger partial charge in [0.15, 0.2) is 18.7 Å². The second kappa shape index (κ2) is 14.2. The van der Waals surface area contributed by atoms with Crippen molar-refractivity contribution in [1.29, 1.82) is 0 Å². The van der Waals surface area contributed by atoms with Crippen molar-refractivity contribution in [2.75, 3.05) is 39.6 Å². The van der Waals surface area contributed by atoms with Gasteiger partial charge in [-0.3, -0.25) is 9.59 Å². The molecule has 1 amide bonds. The minimum absolute atomic E-state index is 0.0000618. The molecule has 0 bridgehead atoms. The standard InChI is InChI=1S/C19H33NO14/c1-9(24)20-2-3-29-4-5-30-19-17(14(27)12(25)10(6-21)33-19)34-18-15(28)16(31-8-23)13(26)11(7-22)32-18/h8,10-19,21-22,25-28H,2-7H2,1H3,(H,20,24)/t10-,11+,12+,13+,14-,15-,16+,17-,18+,19?/m0/s1. The van der Waals surface area contributed by atoms with Gasteiger partial charge in [-0.15, -0.1) is 0 Å². The summed E-state index contributed by atoms with van der Waals surface area (Å²) in [5, 5.41) is 62.8. The number of ether oxygens (including phenoxy) is 6. The van der Waals surface area contributed by atoms with E-state index in [0.717, 1.165) is 0 Å². The Bertz CT molecular complexity index is 626. The Morgan fingerprint density at radius 3 is 2.15 bits per heavy atom. The maximum absolute atomic E-state index is 10.8. The van der Waals surface area contributed by atoms with Crippen LogP contribution in [0.25, 0.3) is 0 Å². The molecule has 0 aliphatic carbocycles. The fourth-order valence-electron chi connectivity index (χ4n) is 3.51. The third kappa shape index (κ3) is 7.50. The molecule has 2 saturated heterocycles. The number of carbonyl (C=O) groups excluding carboxylic acids is 2. The summed E-state index contributed by atoms with van der Waals surface area (Å²) in [6, 6.07) is 0. The summed E-state index contributed by atoms with van der Waals surface area (Å²) in [5.41, 5.74) is 0. The largest absolute Gasteiger partial charge is 0.459 e. The molecule has 2 rings (SSSR count). The van der Waals surface area contributed by atoms with Crippen LogP contribution in [0, 0.1) is 0 Å². The molecule has 15 heteroatoms. The van der Waals surface area contributed by atoms with Crippen LogP contribution in [0.3, 0.4) is 0 Å². The average molecular weight is 499 g/mol. The third-order valence-electron chi connectivity index (χ3n) is 5.28. The second-order valence-electron chi connectivity index (χ2n) is 7.68.